The van der Waals surface area contributed by atoms with Crippen molar-refractivity contribution < 1.29 is 0 Å². The van der Waals surface area contributed by atoms with Crippen molar-refractivity contribution in [2.24, 2.45) is 0 Å². The molecule has 5 rings (SSSR count). The molecule has 3 aromatic carbocycles. The Morgan fingerprint density at radius 1 is 0.516 bits per heavy atom. The van der Waals surface area contributed by atoms with Crippen molar-refractivity contribution in [1.82, 2.24) is 19.9 Å². The molecule has 0 saturated carbocycles. The van der Waals surface area contributed by atoms with Crippen LogP contribution in [-0.2, 0) is 0 Å². The van der Waals surface area contributed by atoms with Crippen molar-refractivity contribution in [1.29, 1.82) is 0 Å². The smallest absolute Gasteiger partial charge is 0.116 e. The van der Waals surface area contributed by atoms with Gasteiger partial charge >= 0.3 is 0 Å². The molecule has 4 nitrogen and oxygen atoms in total. The monoisotopic (exact) mass is 420 g/mol. The number of nitrogens with zero attached hydrogens (tertiary/aromatic N) is 4. The Kier molecular flexibility index (Phi) is 5.21. The molecule has 0 atom stereocenters. The van der Waals surface area contributed by atoms with Crippen LogP contribution in [0.5, 0.6) is 0 Å². The molecule has 0 aliphatic carbocycles. The summed E-state index contributed by atoms with van der Waals surface area (Å²) in [6.45, 7) is 0. The van der Waals surface area contributed by atoms with E-state index in [0.29, 0.717) is 5.02 Å². The normalized spacial score (nSPS) is 10.7. The molecule has 2 aromatic heterocycles. The van der Waals surface area contributed by atoms with E-state index >= 15 is 0 Å². The fraction of sp³-hybridized carbons (Fsp3) is 0. The Hall–Kier alpha value is -3.89. The fourth-order valence-corrected chi connectivity index (χ4v) is 3.80. The van der Waals surface area contributed by atoms with Crippen molar-refractivity contribution in [3.05, 3.63) is 109 Å². The SMILES string of the molecule is Clc1cc(-c2cccc(-c3cncnc3)c2)cc(-c2cccc(-c3ccncn3)c2)c1. The number of hydrogen-bond donors (Lipinski definition) is 0. The highest BCUT2D eigenvalue weighted by Crippen LogP contribution is 2.33. The molecule has 5 heteroatoms. The Morgan fingerprint density at radius 3 is 1.74 bits per heavy atom. The third kappa shape index (κ3) is 4.20. The fourth-order valence-electron chi connectivity index (χ4n) is 3.57. The average Bonchev–Trinajstić information content (AvgIpc) is 2.85. The van der Waals surface area contributed by atoms with E-state index in [-0.39, 0.29) is 0 Å². The van der Waals surface area contributed by atoms with E-state index in [0.717, 1.165) is 44.6 Å². The zero-order valence-corrected chi connectivity index (χ0v) is 17.2. The van der Waals surface area contributed by atoms with Gasteiger partial charge in [-0.3, -0.25) is 0 Å². The van der Waals surface area contributed by atoms with Crippen LogP contribution in [0.2, 0.25) is 5.02 Å². The van der Waals surface area contributed by atoms with E-state index in [1.54, 1.807) is 12.5 Å². The van der Waals surface area contributed by atoms with Gasteiger partial charge in [-0.1, -0.05) is 48.0 Å². The first kappa shape index (κ1) is 19.1. The molecular formula is C26H17ClN4. The molecule has 31 heavy (non-hydrogen) atoms. The van der Waals surface area contributed by atoms with Crippen LogP contribution in [0.4, 0.5) is 0 Å². The lowest BCUT2D eigenvalue weighted by molar-refractivity contribution is 1.17. The van der Waals surface area contributed by atoms with Gasteiger partial charge in [0.15, 0.2) is 0 Å². The van der Waals surface area contributed by atoms with Gasteiger partial charge in [-0.15, -0.1) is 0 Å². The van der Waals surface area contributed by atoms with Crippen LogP contribution in [0.25, 0.3) is 44.6 Å². The minimum atomic E-state index is 0.688. The van der Waals surface area contributed by atoms with Crippen LogP contribution in [-0.4, -0.2) is 19.9 Å². The molecule has 0 aliphatic heterocycles. The van der Waals surface area contributed by atoms with Gasteiger partial charge in [-0.2, -0.15) is 0 Å². The summed E-state index contributed by atoms with van der Waals surface area (Å²) in [4.78, 5) is 16.6. The van der Waals surface area contributed by atoms with Gasteiger partial charge in [0.1, 0.15) is 12.7 Å². The maximum absolute atomic E-state index is 6.52. The minimum Gasteiger partial charge on any atom is -0.245 e. The second-order valence-electron chi connectivity index (χ2n) is 7.11. The standard InChI is InChI=1S/C26H17ClN4/c27-25-12-22(18-3-1-5-20(9-18)24-14-29-16-30-15-24)11-23(13-25)19-4-2-6-21(10-19)26-7-8-28-17-31-26/h1-17H. The number of aromatic nitrogens is 4. The molecule has 0 spiro atoms. The van der Waals surface area contributed by atoms with Gasteiger partial charge in [0, 0.05) is 34.7 Å². The Bertz CT molecular complexity index is 1240. The summed E-state index contributed by atoms with van der Waals surface area (Å²) in [5, 5.41) is 0.688. The summed E-state index contributed by atoms with van der Waals surface area (Å²) < 4.78 is 0. The molecule has 5 aromatic rings. The predicted molar refractivity (Wildman–Crippen MR) is 124 cm³/mol. The maximum atomic E-state index is 6.52. The van der Waals surface area contributed by atoms with Crippen molar-refractivity contribution in [2.45, 2.75) is 0 Å². The molecule has 0 amide bonds. The molecule has 0 unspecified atom stereocenters. The van der Waals surface area contributed by atoms with Crippen LogP contribution >= 0.6 is 11.6 Å². The summed E-state index contributed by atoms with van der Waals surface area (Å²) in [7, 11) is 0. The summed E-state index contributed by atoms with van der Waals surface area (Å²) in [6, 6.07) is 24.6. The molecule has 0 radical (unpaired) electrons. The molecule has 0 aliphatic rings. The minimum absolute atomic E-state index is 0.688. The topological polar surface area (TPSA) is 51.6 Å². The second kappa shape index (κ2) is 8.46. The van der Waals surface area contributed by atoms with Gasteiger partial charge in [-0.05, 0) is 64.2 Å². The lowest BCUT2D eigenvalue weighted by Crippen LogP contribution is -1.87. The highest BCUT2D eigenvalue weighted by molar-refractivity contribution is 6.31. The number of rotatable bonds is 4. The van der Waals surface area contributed by atoms with Gasteiger partial charge in [-0.25, -0.2) is 19.9 Å². The molecule has 0 fully saturated rings. The van der Waals surface area contributed by atoms with E-state index in [1.807, 2.05) is 48.8 Å². The molecule has 0 saturated heterocycles. The molecule has 0 N–H and O–H groups in total. The first-order chi connectivity index (χ1) is 15.3. The Morgan fingerprint density at radius 2 is 1.10 bits per heavy atom. The largest absolute Gasteiger partial charge is 0.245 e. The molecular weight excluding hydrogens is 404 g/mol. The van der Waals surface area contributed by atoms with Crippen LogP contribution in [0, 0.1) is 0 Å². The second-order valence-corrected chi connectivity index (χ2v) is 7.55. The highest BCUT2D eigenvalue weighted by Gasteiger charge is 2.08. The highest BCUT2D eigenvalue weighted by atomic mass is 35.5. The quantitative estimate of drug-likeness (QED) is 0.329. The summed E-state index contributed by atoms with van der Waals surface area (Å²) >= 11 is 6.52. The number of benzene rings is 3. The van der Waals surface area contributed by atoms with E-state index in [2.05, 4.69) is 56.3 Å². The summed E-state index contributed by atoms with van der Waals surface area (Å²) in [5.74, 6) is 0. The van der Waals surface area contributed by atoms with E-state index in [4.69, 9.17) is 11.6 Å². The predicted octanol–water partition coefficient (Wildman–Crippen LogP) is 6.59. The molecule has 148 valence electrons. The average molecular weight is 421 g/mol. The Balaban J connectivity index is 1.56. The van der Waals surface area contributed by atoms with Crippen LogP contribution in [0.1, 0.15) is 0 Å². The van der Waals surface area contributed by atoms with Crippen molar-refractivity contribution in [3.63, 3.8) is 0 Å². The summed E-state index contributed by atoms with van der Waals surface area (Å²) in [6.07, 6.45) is 8.47. The summed E-state index contributed by atoms with van der Waals surface area (Å²) in [5.41, 5.74) is 8.21. The zero-order valence-electron chi connectivity index (χ0n) is 16.5. The van der Waals surface area contributed by atoms with Gasteiger partial charge in [0.25, 0.3) is 0 Å². The Labute approximate surface area is 185 Å². The number of halogens is 1. The lowest BCUT2D eigenvalue weighted by atomic mass is 9.96. The zero-order chi connectivity index (χ0) is 21.0. The van der Waals surface area contributed by atoms with Crippen LogP contribution < -0.4 is 0 Å². The number of hydrogen-bond acceptors (Lipinski definition) is 4. The molecule has 2 heterocycles. The van der Waals surface area contributed by atoms with Gasteiger partial charge in [0.05, 0.1) is 5.69 Å². The van der Waals surface area contributed by atoms with E-state index in [1.165, 1.54) is 6.33 Å². The third-order valence-corrected chi connectivity index (χ3v) is 5.28. The molecule has 0 bridgehead atoms. The van der Waals surface area contributed by atoms with Gasteiger partial charge in [0.2, 0.25) is 0 Å². The first-order valence-corrected chi connectivity index (χ1v) is 10.2. The van der Waals surface area contributed by atoms with Gasteiger partial charge < -0.3 is 0 Å². The lowest BCUT2D eigenvalue weighted by Gasteiger charge is -2.10. The van der Waals surface area contributed by atoms with Crippen LogP contribution in [0.15, 0.2) is 104 Å². The third-order valence-electron chi connectivity index (χ3n) is 5.06. The van der Waals surface area contributed by atoms with Crippen molar-refractivity contribution in [2.75, 3.05) is 0 Å². The van der Waals surface area contributed by atoms with Crippen LogP contribution in [0.3, 0.4) is 0 Å². The van der Waals surface area contributed by atoms with E-state index < -0.39 is 0 Å². The van der Waals surface area contributed by atoms with Crippen molar-refractivity contribution >= 4 is 11.6 Å². The van der Waals surface area contributed by atoms with E-state index in [9.17, 15) is 0 Å². The van der Waals surface area contributed by atoms with Crippen molar-refractivity contribution in [3.8, 4) is 44.6 Å². The maximum Gasteiger partial charge on any atom is 0.116 e. The first-order valence-electron chi connectivity index (χ1n) is 9.79.